The fourth-order valence-corrected chi connectivity index (χ4v) is 6.70. The number of nitrogens with zero attached hydrogens (tertiary/aromatic N) is 1. The molecule has 1 aromatic heterocycles. The van der Waals surface area contributed by atoms with Gasteiger partial charge in [-0.1, -0.05) is 56.5 Å². The SMILES string of the molecule is CCC(=O)N1c2ccccc2[C@H](Nc2ccc(-c3ccc(CNC(=O)C4CCCCC4)s3)cc2)C[C@@H]1C. The largest absolute Gasteiger partial charge is 0.378 e. The maximum Gasteiger partial charge on any atom is 0.226 e. The summed E-state index contributed by atoms with van der Waals surface area (Å²) in [6.07, 6.45) is 7.05. The van der Waals surface area contributed by atoms with Crippen LogP contribution in [0.1, 0.15) is 75.3 Å². The molecule has 1 aliphatic carbocycles. The lowest BCUT2D eigenvalue weighted by atomic mass is 9.89. The maximum atomic E-state index is 12.6. The number of para-hydroxylation sites is 1. The molecular formula is C31H37N3O2S. The van der Waals surface area contributed by atoms with Crippen molar-refractivity contribution in [3.05, 3.63) is 71.1 Å². The minimum absolute atomic E-state index is 0.141. The first-order chi connectivity index (χ1) is 18.0. The number of nitrogens with one attached hydrogen (secondary N) is 2. The van der Waals surface area contributed by atoms with Gasteiger partial charge < -0.3 is 15.5 Å². The predicted octanol–water partition coefficient (Wildman–Crippen LogP) is 7.30. The summed E-state index contributed by atoms with van der Waals surface area (Å²) in [5.41, 5.74) is 4.44. The molecule has 2 amide bonds. The van der Waals surface area contributed by atoms with Crippen LogP contribution in [0.5, 0.6) is 0 Å². The van der Waals surface area contributed by atoms with Gasteiger partial charge in [-0.15, -0.1) is 11.3 Å². The van der Waals surface area contributed by atoms with Gasteiger partial charge in [0, 0.05) is 39.5 Å². The summed E-state index contributed by atoms with van der Waals surface area (Å²) in [7, 11) is 0. The summed E-state index contributed by atoms with van der Waals surface area (Å²) in [4.78, 5) is 29.4. The number of anilines is 2. The Hall–Kier alpha value is -3.12. The maximum absolute atomic E-state index is 12.6. The normalized spacial score (nSPS) is 19.8. The van der Waals surface area contributed by atoms with Crippen LogP contribution in [0.25, 0.3) is 10.4 Å². The van der Waals surface area contributed by atoms with Crippen LogP contribution in [0.15, 0.2) is 60.7 Å². The average Bonchev–Trinajstić information content (AvgIpc) is 3.41. The van der Waals surface area contributed by atoms with Gasteiger partial charge >= 0.3 is 0 Å². The van der Waals surface area contributed by atoms with Crippen LogP contribution in [0, 0.1) is 5.92 Å². The first-order valence-corrected chi connectivity index (χ1v) is 14.5. The van der Waals surface area contributed by atoms with E-state index in [1.165, 1.54) is 40.1 Å². The van der Waals surface area contributed by atoms with E-state index in [1.807, 2.05) is 24.0 Å². The summed E-state index contributed by atoms with van der Waals surface area (Å²) < 4.78 is 0. The van der Waals surface area contributed by atoms with Gasteiger partial charge in [-0.2, -0.15) is 0 Å². The van der Waals surface area contributed by atoms with Crippen molar-refractivity contribution in [2.75, 3.05) is 10.2 Å². The summed E-state index contributed by atoms with van der Waals surface area (Å²) in [6, 6.07) is 21.4. The van der Waals surface area contributed by atoms with Gasteiger partial charge in [-0.3, -0.25) is 9.59 Å². The number of carbonyl (C=O) groups is 2. The van der Waals surface area contributed by atoms with Crippen LogP contribution < -0.4 is 15.5 Å². The first-order valence-electron chi connectivity index (χ1n) is 13.7. The molecule has 0 saturated heterocycles. The van der Waals surface area contributed by atoms with Crippen molar-refractivity contribution in [1.82, 2.24) is 5.32 Å². The molecule has 37 heavy (non-hydrogen) atoms. The molecule has 0 radical (unpaired) electrons. The predicted molar refractivity (Wildman–Crippen MR) is 153 cm³/mol. The van der Waals surface area contributed by atoms with Crippen molar-refractivity contribution in [1.29, 1.82) is 0 Å². The molecule has 1 aliphatic heterocycles. The van der Waals surface area contributed by atoms with Crippen LogP contribution in [0.4, 0.5) is 11.4 Å². The number of thiophene rings is 1. The molecule has 1 fully saturated rings. The standard InChI is InChI=1S/C31H37N3O2S/c1-3-30(35)34-21(2)19-27(26-11-7-8-12-28(26)34)33-24-15-13-22(14-16-24)29-18-17-25(37-29)20-32-31(36)23-9-5-4-6-10-23/h7-8,11-18,21,23,27,33H,3-6,9-10,19-20H2,1-2H3,(H,32,36)/t21-,27+/m0/s1. The van der Waals surface area contributed by atoms with Crippen LogP contribution in [-0.4, -0.2) is 17.9 Å². The number of hydrogen-bond donors (Lipinski definition) is 2. The Morgan fingerprint density at radius 1 is 0.973 bits per heavy atom. The third-order valence-corrected chi connectivity index (χ3v) is 8.88. The van der Waals surface area contributed by atoms with E-state index < -0.39 is 0 Å². The second-order valence-corrected chi connectivity index (χ2v) is 11.5. The van der Waals surface area contributed by atoms with Crippen molar-refractivity contribution < 1.29 is 9.59 Å². The topological polar surface area (TPSA) is 61.4 Å². The number of hydrogen-bond acceptors (Lipinski definition) is 4. The number of benzene rings is 2. The average molecular weight is 516 g/mol. The number of rotatable bonds is 7. The van der Waals surface area contributed by atoms with E-state index in [0.29, 0.717) is 13.0 Å². The zero-order valence-electron chi connectivity index (χ0n) is 21.8. The molecular weight excluding hydrogens is 478 g/mol. The van der Waals surface area contributed by atoms with Crippen molar-refractivity contribution in [2.45, 2.75) is 77.4 Å². The Labute approximate surface area is 224 Å². The minimum Gasteiger partial charge on any atom is -0.378 e. The van der Waals surface area contributed by atoms with E-state index in [-0.39, 0.29) is 29.8 Å². The Morgan fingerprint density at radius 3 is 2.49 bits per heavy atom. The van der Waals surface area contributed by atoms with E-state index in [0.717, 1.165) is 30.6 Å². The highest BCUT2D eigenvalue weighted by Crippen LogP contribution is 2.39. The summed E-state index contributed by atoms with van der Waals surface area (Å²) in [6.45, 7) is 4.66. The van der Waals surface area contributed by atoms with E-state index in [1.54, 1.807) is 11.3 Å². The van der Waals surface area contributed by atoms with Gasteiger partial charge in [-0.05, 0) is 67.6 Å². The monoisotopic (exact) mass is 515 g/mol. The number of carbonyl (C=O) groups excluding carboxylic acids is 2. The molecule has 2 aliphatic rings. The molecule has 2 aromatic carbocycles. The van der Waals surface area contributed by atoms with Crippen molar-refractivity contribution >= 4 is 34.5 Å². The highest BCUT2D eigenvalue weighted by molar-refractivity contribution is 7.15. The lowest BCUT2D eigenvalue weighted by molar-refractivity contribution is -0.126. The van der Waals surface area contributed by atoms with E-state index in [9.17, 15) is 9.59 Å². The lowest BCUT2D eigenvalue weighted by Crippen LogP contribution is -2.44. The third kappa shape index (κ3) is 5.74. The molecule has 6 heteroatoms. The quantitative estimate of drug-likeness (QED) is 0.347. The number of fused-ring (bicyclic) bond motifs is 1. The molecule has 2 heterocycles. The molecule has 0 spiro atoms. The zero-order chi connectivity index (χ0) is 25.8. The van der Waals surface area contributed by atoms with Crippen LogP contribution in [-0.2, 0) is 16.1 Å². The van der Waals surface area contributed by atoms with E-state index >= 15 is 0 Å². The summed E-state index contributed by atoms with van der Waals surface area (Å²) >= 11 is 1.74. The summed E-state index contributed by atoms with van der Waals surface area (Å²) in [5.74, 6) is 0.583. The Morgan fingerprint density at radius 2 is 1.73 bits per heavy atom. The van der Waals surface area contributed by atoms with Gasteiger partial charge in [0.25, 0.3) is 0 Å². The molecule has 5 nitrogen and oxygen atoms in total. The van der Waals surface area contributed by atoms with Crippen LogP contribution in [0.3, 0.4) is 0 Å². The highest BCUT2D eigenvalue weighted by atomic mass is 32.1. The third-order valence-electron chi connectivity index (χ3n) is 7.75. The minimum atomic E-state index is 0.141. The second-order valence-electron chi connectivity index (χ2n) is 10.4. The fourth-order valence-electron chi connectivity index (χ4n) is 5.74. The molecule has 5 rings (SSSR count). The zero-order valence-corrected chi connectivity index (χ0v) is 22.7. The molecule has 2 N–H and O–H groups in total. The molecule has 194 valence electrons. The van der Waals surface area contributed by atoms with Gasteiger partial charge in [0.05, 0.1) is 12.6 Å². The smallest absolute Gasteiger partial charge is 0.226 e. The van der Waals surface area contributed by atoms with Crippen molar-refractivity contribution in [3.8, 4) is 10.4 Å². The number of amides is 2. The van der Waals surface area contributed by atoms with Crippen LogP contribution >= 0.6 is 11.3 Å². The molecule has 3 aromatic rings. The van der Waals surface area contributed by atoms with E-state index in [4.69, 9.17) is 0 Å². The molecule has 0 unspecified atom stereocenters. The summed E-state index contributed by atoms with van der Waals surface area (Å²) in [5, 5.41) is 6.86. The Balaban J connectivity index is 1.23. The molecule has 0 bridgehead atoms. The second kappa shape index (κ2) is 11.5. The Bertz CT molecular complexity index is 1230. The molecule has 1 saturated carbocycles. The fraction of sp³-hybridized carbons (Fsp3) is 0.419. The van der Waals surface area contributed by atoms with Gasteiger partial charge in [0.2, 0.25) is 11.8 Å². The van der Waals surface area contributed by atoms with Crippen molar-refractivity contribution in [2.24, 2.45) is 5.92 Å². The highest BCUT2D eigenvalue weighted by Gasteiger charge is 2.32. The molecule has 2 atom stereocenters. The first kappa shape index (κ1) is 25.5. The van der Waals surface area contributed by atoms with Gasteiger partial charge in [0.1, 0.15) is 0 Å². The van der Waals surface area contributed by atoms with E-state index in [2.05, 4.69) is 66.1 Å². The lowest BCUT2D eigenvalue weighted by Gasteiger charge is -2.40. The van der Waals surface area contributed by atoms with Crippen molar-refractivity contribution in [3.63, 3.8) is 0 Å². The Kier molecular flexibility index (Phi) is 7.94. The van der Waals surface area contributed by atoms with Gasteiger partial charge in [-0.25, -0.2) is 0 Å². The van der Waals surface area contributed by atoms with Gasteiger partial charge in [0.15, 0.2) is 0 Å². The van der Waals surface area contributed by atoms with Crippen LogP contribution in [0.2, 0.25) is 0 Å².